The highest BCUT2D eigenvalue weighted by Crippen LogP contribution is 2.42. The molecule has 1 heterocycles. The van der Waals surface area contributed by atoms with E-state index < -0.39 is 11.7 Å². The molecule has 23 heavy (non-hydrogen) atoms. The van der Waals surface area contributed by atoms with Gasteiger partial charge in [-0.15, -0.1) is 0 Å². The smallest absolute Gasteiger partial charge is 0.353 e. The number of nitrogens with one attached hydrogen (secondary N) is 1. The molecule has 7 heteroatoms. The van der Waals surface area contributed by atoms with Crippen molar-refractivity contribution in [3.63, 3.8) is 0 Å². The van der Waals surface area contributed by atoms with Gasteiger partial charge < -0.3 is 9.88 Å². The number of carbonyl (C=O) groups excluding carboxylic acids is 1. The zero-order valence-corrected chi connectivity index (χ0v) is 12.3. The van der Waals surface area contributed by atoms with Crippen LogP contribution in [0, 0.1) is 0 Å². The van der Waals surface area contributed by atoms with Gasteiger partial charge in [0.2, 0.25) is 5.91 Å². The lowest BCUT2D eigenvalue weighted by molar-refractivity contribution is -0.137. The Labute approximate surface area is 131 Å². The fourth-order valence-electron chi connectivity index (χ4n) is 2.60. The van der Waals surface area contributed by atoms with E-state index in [1.807, 2.05) is 0 Å². The monoisotopic (exact) mass is 323 g/mol. The van der Waals surface area contributed by atoms with Crippen molar-refractivity contribution in [1.82, 2.24) is 14.9 Å². The van der Waals surface area contributed by atoms with E-state index in [0.717, 1.165) is 6.07 Å². The van der Waals surface area contributed by atoms with Crippen molar-refractivity contribution < 1.29 is 18.0 Å². The van der Waals surface area contributed by atoms with Gasteiger partial charge in [0.05, 0.1) is 11.9 Å². The molecule has 0 aliphatic heterocycles. The van der Waals surface area contributed by atoms with Crippen molar-refractivity contribution in [2.24, 2.45) is 0 Å². The highest BCUT2D eigenvalue weighted by atomic mass is 19.4. The Morgan fingerprint density at radius 3 is 2.91 bits per heavy atom. The first-order valence-corrected chi connectivity index (χ1v) is 7.36. The van der Waals surface area contributed by atoms with Crippen LogP contribution in [0.2, 0.25) is 0 Å². The van der Waals surface area contributed by atoms with Crippen LogP contribution in [0.15, 0.2) is 43.0 Å². The van der Waals surface area contributed by atoms with Gasteiger partial charge in [0.1, 0.15) is 0 Å². The van der Waals surface area contributed by atoms with E-state index in [1.54, 1.807) is 29.4 Å². The van der Waals surface area contributed by atoms with Gasteiger partial charge in [-0.2, -0.15) is 13.2 Å². The Hall–Kier alpha value is -2.31. The molecule has 1 amide bonds. The summed E-state index contributed by atoms with van der Waals surface area (Å²) in [4.78, 5) is 15.8. The zero-order chi connectivity index (χ0) is 16.4. The molecule has 0 unspecified atom stereocenters. The van der Waals surface area contributed by atoms with E-state index in [0.29, 0.717) is 24.9 Å². The Bertz CT molecular complexity index is 682. The molecule has 1 aromatic carbocycles. The second-order valence-electron chi connectivity index (χ2n) is 5.69. The van der Waals surface area contributed by atoms with Gasteiger partial charge >= 0.3 is 6.18 Å². The SMILES string of the molecule is O=C(CCn1ccnc1)N[C@@H]1C[C@@H]1c1cccc(C(F)(F)F)c1. The standard InChI is InChI=1S/C16H16F3N3O/c17-16(18,19)12-3-1-2-11(8-12)13-9-14(13)21-15(23)4-6-22-7-5-20-10-22/h1-3,5,7-8,10,13-14H,4,6,9H2,(H,21,23)/t13-,14-/m1/s1. The first kappa shape index (κ1) is 15.6. The maximum Gasteiger partial charge on any atom is 0.416 e. The van der Waals surface area contributed by atoms with Gasteiger partial charge in [0.15, 0.2) is 0 Å². The molecule has 0 saturated heterocycles. The van der Waals surface area contributed by atoms with Gasteiger partial charge in [-0.25, -0.2) is 4.98 Å². The number of alkyl halides is 3. The maximum absolute atomic E-state index is 12.7. The average Bonchev–Trinajstić information content (AvgIpc) is 3.06. The lowest BCUT2D eigenvalue weighted by atomic mass is 10.1. The fourth-order valence-corrected chi connectivity index (χ4v) is 2.60. The Morgan fingerprint density at radius 2 is 2.22 bits per heavy atom. The van der Waals surface area contributed by atoms with Gasteiger partial charge in [0.25, 0.3) is 0 Å². The predicted octanol–water partition coefficient (Wildman–Crippen LogP) is 2.96. The molecule has 1 aromatic heterocycles. The van der Waals surface area contributed by atoms with Crippen LogP contribution in [-0.4, -0.2) is 21.5 Å². The topological polar surface area (TPSA) is 46.9 Å². The van der Waals surface area contributed by atoms with Crippen LogP contribution in [0.4, 0.5) is 13.2 Å². The van der Waals surface area contributed by atoms with Crippen LogP contribution >= 0.6 is 0 Å². The molecule has 1 N–H and O–H groups in total. The van der Waals surface area contributed by atoms with E-state index in [-0.39, 0.29) is 17.9 Å². The zero-order valence-electron chi connectivity index (χ0n) is 12.3. The largest absolute Gasteiger partial charge is 0.416 e. The van der Waals surface area contributed by atoms with Crippen LogP contribution in [0.3, 0.4) is 0 Å². The summed E-state index contributed by atoms with van der Waals surface area (Å²) in [7, 11) is 0. The molecular weight excluding hydrogens is 307 g/mol. The molecule has 122 valence electrons. The summed E-state index contributed by atoms with van der Waals surface area (Å²) in [6.45, 7) is 0.535. The van der Waals surface area contributed by atoms with Crippen LogP contribution in [0.5, 0.6) is 0 Å². The Kier molecular flexibility index (Phi) is 4.11. The van der Waals surface area contributed by atoms with Gasteiger partial charge in [0, 0.05) is 37.3 Å². The second kappa shape index (κ2) is 6.06. The minimum absolute atomic E-state index is 0.0329. The summed E-state index contributed by atoms with van der Waals surface area (Å²) in [5.41, 5.74) is -0.0215. The molecule has 0 radical (unpaired) electrons. The molecule has 1 aliphatic carbocycles. The Morgan fingerprint density at radius 1 is 1.39 bits per heavy atom. The normalized spacial score (nSPS) is 20.3. The van der Waals surface area contributed by atoms with Crippen molar-refractivity contribution in [3.05, 3.63) is 54.1 Å². The molecule has 0 bridgehead atoms. The predicted molar refractivity (Wildman–Crippen MR) is 77.6 cm³/mol. The number of aryl methyl sites for hydroxylation is 1. The third-order valence-corrected chi connectivity index (χ3v) is 3.94. The summed E-state index contributed by atoms with van der Waals surface area (Å²) in [5, 5.41) is 2.87. The van der Waals surface area contributed by atoms with E-state index in [1.165, 1.54) is 12.1 Å². The molecule has 1 aliphatic rings. The van der Waals surface area contributed by atoms with Gasteiger partial charge in [-0.05, 0) is 18.1 Å². The molecule has 0 spiro atoms. The van der Waals surface area contributed by atoms with Crippen molar-refractivity contribution in [2.75, 3.05) is 0 Å². The van der Waals surface area contributed by atoms with Crippen LogP contribution in [-0.2, 0) is 17.5 Å². The van der Waals surface area contributed by atoms with E-state index in [4.69, 9.17) is 0 Å². The lowest BCUT2D eigenvalue weighted by Crippen LogP contribution is -2.27. The minimum Gasteiger partial charge on any atom is -0.353 e. The molecule has 4 nitrogen and oxygen atoms in total. The number of nitrogens with zero attached hydrogens (tertiary/aromatic N) is 2. The summed E-state index contributed by atoms with van der Waals surface area (Å²) < 4.78 is 40.0. The summed E-state index contributed by atoms with van der Waals surface area (Å²) >= 11 is 0. The number of aromatic nitrogens is 2. The summed E-state index contributed by atoms with van der Waals surface area (Å²) in [6.07, 6.45) is 1.71. The van der Waals surface area contributed by atoms with Gasteiger partial charge in [-0.1, -0.05) is 18.2 Å². The third kappa shape index (κ3) is 3.91. The number of amides is 1. The van der Waals surface area contributed by atoms with Gasteiger partial charge in [-0.3, -0.25) is 4.79 Å². The number of halogens is 3. The third-order valence-electron chi connectivity index (χ3n) is 3.94. The molecule has 1 fully saturated rings. The van der Waals surface area contributed by atoms with Crippen LogP contribution < -0.4 is 5.32 Å². The number of carbonyl (C=O) groups is 1. The number of benzene rings is 1. The van der Waals surface area contributed by atoms with Crippen molar-refractivity contribution in [2.45, 2.75) is 37.5 Å². The Balaban J connectivity index is 1.52. The summed E-state index contributed by atoms with van der Waals surface area (Å²) in [5.74, 6) is -0.132. The average molecular weight is 323 g/mol. The lowest BCUT2D eigenvalue weighted by Gasteiger charge is -2.09. The van der Waals surface area contributed by atoms with E-state index in [2.05, 4.69) is 10.3 Å². The maximum atomic E-state index is 12.7. The van der Waals surface area contributed by atoms with Crippen molar-refractivity contribution >= 4 is 5.91 Å². The number of hydrogen-bond acceptors (Lipinski definition) is 2. The molecule has 2 aromatic rings. The molecule has 3 rings (SSSR count). The highest BCUT2D eigenvalue weighted by molar-refractivity contribution is 5.76. The van der Waals surface area contributed by atoms with Crippen LogP contribution in [0.25, 0.3) is 0 Å². The van der Waals surface area contributed by atoms with E-state index in [9.17, 15) is 18.0 Å². The molecule has 2 atom stereocenters. The highest BCUT2D eigenvalue weighted by Gasteiger charge is 2.40. The fraction of sp³-hybridized carbons (Fsp3) is 0.375. The minimum atomic E-state index is -4.34. The second-order valence-corrected chi connectivity index (χ2v) is 5.69. The van der Waals surface area contributed by atoms with Crippen molar-refractivity contribution in [1.29, 1.82) is 0 Å². The first-order valence-electron chi connectivity index (χ1n) is 7.36. The first-order chi connectivity index (χ1) is 10.9. The van der Waals surface area contributed by atoms with Crippen molar-refractivity contribution in [3.8, 4) is 0 Å². The molecule has 1 saturated carbocycles. The number of imidazole rings is 1. The number of hydrogen-bond donors (Lipinski definition) is 1. The summed E-state index contributed by atoms with van der Waals surface area (Å²) in [6, 6.07) is 5.24. The molecular formula is C16H16F3N3O. The van der Waals surface area contributed by atoms with E-state index >= 15 is 0 Å². The van der Waals surface area contributed by atoms with Crippen LogP contribution in [0.1, 0.15) is 29.9 Å². The quantitative estimate of drug-likeness (QED) is 0.919. The number of rotatable bonds is 5.